The molecule has 0 unspecified atom stereocenters. The van der Waals surface area contributed by atoms with Crippen molar-refractivity contribution in [3.63, 3.8) is 0 Å². The van der Waals surface area contributed by atoms with Gasteiger partial charge in [0, 0.05) is 24.5 Å². The summed E-state index contributed by atoms with van der Waals surface area (Å²) in [5.74, 6) is -0.755. The van der Waals surface area contributed by atoms with Crippen LogP contribution in [-0.4, -0.2) is 38.3 Å². The smallest absolute Gasteiger partial charge is 0.243 e. The molecule has 1 amide bonds. The lowest BCUT2D eigenvalue weighted by molar-refractivity contribution is -0.114. The lowest BCUT2D eigenvalue weighted by Gasteiger charge is -2.15. The largest absolute Gasteiger partial charge is 0.376 e. The monoisotopic (exact) mass is 377 g/mol. The number of anilines is 2. The maximum absolute atomic E-state index is 13.1. The Hall–Kier alpha value is -2.45. The molecule has 2 N–H and O–H groups in total. The fourth-order valence-corrected chi connectivity index (χ4v) is 4.29. The Morgan fingerprint density at radius 2 is 1.73 bits per heavy atom. The van der Waals surface area contributed by atoms with Crippen molar-refractivity contribution in [2.45, 2.75) is 17.7 Å². The average molecular weight is 377 g/mol. The quantitative estimate of drug-likeness (QED) is 0.811. The fraction of sp³-hybridized carbons (Fsp3) is 0.278. The first-order valence-electron chi connectivity index (χ1n) is 8.35. The van der Waals surface area contributed by atoms with Crippen LogP contribution >= 0.6 is 0 Å². The molecule has 0 saturated carbocycles. The van der Waals surface area contributed by atoms with Gasteiger partial charge in [0.1, 0.15) is 5.82 Å². The van der Waals surface area contributed by atoms with E-state index in [9.17, 15) is 17.6 Å². The van der Waals surface area contributed by atoms with Crippen LogP contribution in [-0.2, 0) is 14.8 Å². The van der Waals surface area contributed by atoms with Crippen LogP contribution in [0.3, 0.4) is 0 Å². The number of carbonyl (C=O) groups is 1. The van der Waals surface area contributed by atoms with E-state index in [0.717, 1.165) is 12.8 Å². The Kier molecular flexibility index (Phi) is 5.53. The maximum atomic E-state index is 13.1. The predicted molar refractivity (Wildman–Crippen MR) is 98.0 cm³/mol. The fourth-order valence-electron chi connectivity index (χ4n) is 2.78. The Morgan fingerprint density at radius 1 is 1.04 bits per heavy atom. The molecule has 26 heavy (non-hydrogen) atoms. The van der Waals surface area contributed by atoms with Crippen LogP contribution in [0, 0.1) is 5.82 Å². The number of nitrogens with one attached hydrogen (secondary N) is 2. The molecule has 0 radical (unpaired) electrons. The zero-order chi connectivity index (χ0) is 18.6. The highest BCUT2D eigenvalue weighted by Gasteiger charge is 2.26. The number of sulfonamides is 1. The van der Waals surface area contributed by atoms with E-state index < -0.39 is 15.8 Å². The molecule has 8 heteroatoms. The van der Waals surface area contributed by atoms with Crippen molar-refractivity contribution in [3.8, 4) is 0 Å². The second-order valence-corrected chi connectivity index (χ2v) is 7.99. The summed E-state index contributed by atoms with van der Waals surface area (Å²) in [6.07, 6.45) is 1.78. The van der Waals surface area contributed by atoms with Crippen molar-refractivity contribution < 1.29 is 17.6 Å². The first kappa shape index (κ1) is 18.3. The molecule has 3 rings (SSSR count). The molecule has 1 aliphatic rings. The van der Waals surface area contributed by atoms with Crippen molar-refractivity contribution in [1.82, 2.24) is 4.31 Å². The average Bonchev–Trinajstić information content (AvgIpc) is 3.16. The summed E-state index contributed by atoms with van der Waals surface area (Å²) < 4.78 is 39.5. The number of carbonyl (C=O) groups excluding carboxylic acids is 1. The Balaban J connectivity index is 1.56. The van der Waals surface area contributed by atoms with Crippen LogP contribution in [0.5, 0.6) is 0 Å². The van der Waals surface area contributed by atoms with Crippen LogP contribution in [0.25, 0.3) is 0 Å². The van der Waals surface area contributed by atoms with Gasteiger partial charge in [-0.05, 0) is 55.3 Å². The predicted octanol–water partition coefficient (Wildman–Crippen LogP) is 2.66. The highest BCUT2D eigenvalue weighted by molar-refractivity contribution is 7.89. The molecule has 0 spiro atoms. The van der Waals surface area contributed by atoms with E-state index in [1.165, 1.54) is 34.6 Å². The molecule has 2 aromatic carbocycles. The molecule has 138 valence electrons. The highest BCUT2D eigenvalue weighted by Crippen LogP contribution is 2.22. The third-order valence-electron chi connectivity index (χ3n) is 4.12. The summed E-state index contributed by atoms with van der Waals surface area (Å²) in [6.45, 7) is 1.10. The molecule has 2 aromatic rings. The van der Waals surface area contributed by atoms with E-state index in [1.54, 1.807) is 18.2 Å². The second-order valence-electron chi connectivity index (χ2n) is 6.05. The number of hydrogen-bond acceptors (Lipinski definition) is 4. The number of hydrogen-bond donors (Lipinski definition) is 2. The number of amides is 1. The summed E-state index contributed by atoms with van der Waals surface area (Å²) in [5.41, 5.74) is 1.00. The molecule has 0 bridgehead atoms. The van der Waals surface area contributed by atoms with Gasteiger partial charge >= 0.3 is 0 Å². The molecule has 1 aliphatic heterocycles. The molecule has 6 nitrogen and oxygen atoms in total. The number of halogens is 1. The van der Waals surface area contributed by atoms with Gasteiger partial charge in [0.25, 0.3) is 0 Å². The minimum Gasteiger partial charge on any atom is -0.376 e. The maximum Gasteiger partial charge on any atom is 0.243 e. The minimum atomic E-state index is -3.44. The summed E-state index contributed by atoms with van der Waals surface area (Å²) in [5, 5.41) is 5.49. The van der Waals surface area contributed by atoms with E-state index in [0.29, 0.717) is 24.5 Å². The van der Waals surface area contributed by atoms with Gasteiger partial charge in [-0.2, -0.15) is 4.31 Å². The van der Waals surface area contributed by atoms with Gasteiger partial charge in [0.15, 0.2) is 0 Å². The van der Waals surface area contributed by atoms with Gasteiger partial charge in [-0.1, -0.05) is 6.07 Å². The molecule has 0 atom stereocenters. The summed E-state index contributed by atoms with van der Waals surface area (Å²) in [7, 11) is -3.44. The van der Waals surface area contributed by atoms with Gasteiger partial charge in [-0.25, -0.2) is 12.8 Å². The molecule has 1 saturated heterocycles. The first-order valence-corrected chi connectivity index (χ1v) is 9.79. The van der Waals surface area contributed by atoms with Crippen molar-refractivity contribution in [2.24, 2.45) is 0 Å². The standard InChI is InChI=1S/C18H20FN3O3S/c19-14-4-3-5-16(12-14)21-18(23)13-20-15-6-8-17(9-7-15)26(24,25)22-10-1-2-11-22/h3-9,12,20H,1-2,10-11,13H2,(H,21,23). The van der Waals surface area contributed by atoms with Gasteiger partial charge in [-0.3, -0.25) is 4.79 Å². The lowest BCUT2D eigenvalue weighted by Crippen LogP contribution is -2.27. The van der Waals surface area contributed by atoms with Crippen molar-refractivity contribution >= 4 is 27.3 Å². The third-order valence-corrected chi connectivity index (χ3v) is 6.03. The van der Waals surface area contributed by atoms with Crippen LogP contribution in [0.1, 0.15) is 12.8 Å². The van der Waals surface area contributed by atoms with E-state index in [2.05, 4.69) is 10.6 Å². The van der Waals surface area contributed by atoms with Crippen LogP contribution < -0.4 is 10.6 Å². The SMILES string of the molecule is O=C(CNc1ccc(S(=O)(=O)N2CCCC2)cc1)Nc1cccc(F)c1. The Morgan fingerprint density at radius 3 is 2.38 bits per heavy atom. The summed E-state index contributed by atoms with van der Waals surface area (Å²) in [4.78, 5) is 12.1. The van der Waals surface area contributed by atoms with Gasteiger partial charge < -0.3 is 10.6 Å². The Labute approximate surface area is 152 Å². The third kappa shape index (κ3) is 4.39. The van der Waals surface area contributed by atoms with Gasteiger partial charge in [-0.15, -0.1) is 0 Å². The molecule has 0 aliphatic carbocycles. The highest BCUT2D eigenvalue weighted by atomic mass is 32.2. The van der Waals surface area contributed by atoms with Gasteiger partial charge in [0.2, 0.25) is 15.9 Å². The van der Waals surface area contributed by atoms with E-state index in [-0.39, 0.29) is 17.3 Å². The lowest BCUT2D eigenvalue weighted by atomic mass is 10.3. The summed E-state index contributed by atoms with van der Waals surface area (Å²) in [6, 6.07) is 11.9. The van der Waals surface area contributed by atoms with Crippen molar-refractivity contribution in [3.05, 3.63) is 54.3 Å². The zero-order valence-electron chi connectivity index (χ0n) is 14.1. The Bertz CT molecular complexity index is 879. The van der Waals surface area contributed by atoms with Crippen LogP contribution in [0.15, 0.2) is 53.4 Å². The molecule has 0 aromatic heterocycles. The topological polar surface area (TPSA) is 78.5 Å². The molecular weight excluding hydrogens is 357 g/mol. The minimum absolute atomic E-state index is 0.0191. The summed E-state index contributed by atoms with van der Waals surface area (Å²) >= 11 is 0. The van der Waals surface area contributed by atoms with Crippen molar-refractivity contribution in [2.75, 3.05) is 30.3 Å². The van der Waals surface area contributed by atoms with Gasteiger partial charge in [0.05, 0.1) is 11.4 Å². The van der Waals surface area contributed by atoms with Crippen molar-refractivity contribution in [1.29, 1.82) is 0 Å². The van der Waals surface area contributed by atoms with Crippen LogP contribution in [0.4, 0.5) is 15.8 Å². The molecule has 1 fully saturated rings. The normalized spacial score (nSPS) is 15.0. The number of nitrogens with zero attached hydrogens (tertiary/aromatic N) is 1. The van der Waals surface area contributed by atoms with E-state index >= 15 is 0 Å². The van der Waals surface area contributed by atoms with E-state index in [4.69, 9.17) is 0 Å². The first-order chi connectivity index (χ1) is 12.4. The second kappa shape index (κ2) is 7.84. The molecular formula is C18H20FN3O3S. The number of rotatable bonds is 6. The number of benzene rings is 2. The van der Waals surface area contributed by atoms with Crippen LogP contribution in [0.2, 0.25) is 0 Å². The van der Waals surface area contributed by atoms with E-state index in [1.807, 2.05) is 0 Å². The molecule has 1 heterocycles. The zero-order valence-corrected chi connectivity index (χ0v) is 14.9.